The quantitative estimate of drug-likeness (QED) is 0.465. The highest BCUT2D eigenvalue weighted by Gasteiger charge is 2.31. The van der Waals surface area contributed by atoms with E-state index in [-0.39, 0.29) is 17.1 Å². The molecule has 0 saturated heterocycles. The van der Waals surface area contributed by atoms with Crippen molar-refractivity contribution in [3.8, 4) is 28.1 Å². The van der Waals surface area contributed by atoms with Crippen molar-refractivity contribution in [3.63, 3.8) is 0 Å². The van der Waals surface area contributed by atoms with Gasteiger partial charge in [0.2, 0.25) is 0 Å². The number of hydrogen-bond donors (Lipinski definition) is 1. The van der Waals surface area contributed by atoms with E-state index in [2.05, 4.69) is 9.72 Å². The van der Waals surface area contributed by atoms with Gasteiger partial charge in [0.15, 0.2) is 11.1 Å². The van der Waals surface area contributed by atoms with Crippen molar-refractivity contribution in [1.82, 2.24) is 4.98 Å². The van der Waals surface area contributed by atoms with E-state index in [9.17, 15) is 21.8 Å². The second-order valence-corrected chi connectivity index (χ2v) is 6.68. The number of aromatic nitrogens is 1. The van der Waals surface area contributed by atoms with Crippen LogP contribution in [-0.4, -0.2) is 20.1 Å². The lowest BCUT2D eigenvalue weighted by Crippen LogP contribution is -2.17. The number of alkyl halides is 3. The number of halogens is 4. The predicted octanol–water partition coefficient (Wildman–Crippen LogP) is 5.18. The molecule has 2 aromatic carbocycles. The maximum absolute atomic E-state index is 14.3. The second-order valence-electron chi connectivity index (χ2n) is 5.75. The molecule has 0 aliphatic carbocycles. The first-order valence-electron chi connectivity index (χ1n) is 7.90. The van der Waals surface area contributed by atoms with Crippen LogP contribution >= 0.6 is 0 Å². The van der Waals surface area contributed by atoms with E-state index in [4.69, 9.17) is 4.55 Å². The van der Waals surface area contributed by atoms with Gasteiger partial charge in [0.1, 0.15) is 11.6 Å². The van der Waals surface area contributed by atoms with Gasteiger partial charge in [-0.3, -0.25) is 4.98 Å². The Kier molecular flexibility index (Phi) is 5.76. The summed E-state index contributed by atoms with van der Waals surface area (Å²) in [6.07, 6.45) is -3.34. The van der Waals surface area contributed by atoms with Crippen molar-refractivity contribution >= 4 is 11.1 Å². The van der Waals surface area contributed by atoms with Crippen LogP contribution in [0, 0.1) is 5.82 Å². The molecule has 3 aromatic rings. The molecule has 146 valence electrons. The Hall–Kier alpha value is -2.78. The minimum atomic E-state index is -4.82. The molecule has 1 aromatic heterocycles. The van der Waals surface area contributed by atoms with Crippen molar-refractivity contribution in [2.45, 2.75) is 12.1 Å². The fourth-order valence-electron chi connectivity index (χ4n) is 2.67. The van der Waals surface area contributed by atoms with Crippen LogP contribution < -0.4 is 4.74 Å². The van der Waals surface area contributed by atoms with E-state index in [0.717, 1.165) is 0 Å². The summed E-state index contributed by atoms with van der Waals surface area (Å²) in [6.45, 7) is 0. The number of hydrogen-bond acceptors (Lipinski definition) is 3. The molecule has 3 rings (SSSR count). The molecular weight excluding hydrogens is 398 g/mol. The molecule has 0 saturated carbocycles. The van der Waals surface area contributed by atoms with Gasteiger partial charge in [0, 0.05) is 22.9 Å². The Morgan fingerprint density at radius 3 is 2.50 bits per heavy atom. The molecule has 0 spiro atoms. The Labute approximate surface area is 160 Å². The highest BCUT2D eigenvalue weighted by atomic mass is 32.2. The zero-order chi connectivity index (χ0) is 20.3. The second kappa shape index (κ2) is 8.07. The van der Waals surface area contributed by atoms with Gasteiger partial charge in [-0.1, -0.05) is 30.3 Å². The van der Waals surface area contributed by atoms with Crippen LogP contribution in [0.5, 0.6) is 5.75 Å². The van der Waals surface area contributed by atoms with E-state index >= 15 is 0 Å². The highest BCUT2D eigenvalue weighted by Crippen LogP contribution is 2.34. The maximum Gasteiger partial charge on any atom is 0.573 e. The monoisotopic (exact) mass is 411 g/mol. The lowest BCUT2D eigenvalue weighted by atomic mass is 9.98. The van der Waals surface area contributed by atoms with Crippen LogP contribution in [-0.2, 0) is 16.8 Å². The Morgan fingerprint density at radius 1 is 1.04 bits per heavy atom. The molecular formula is C19H13F4NO3S. The minimum Gasteiger partial charge on any atom is -0.406 e. The summed E-state index contributed by atoms with van der Waals surface area (Å²) in [4.78, 5) is 4.22. The third kappa shape index (κ3) is 4.93. The van der Waals surface area contributed by atoms with Gasteiger partial charge in [-0.25, -0.2) is 8.60 Å². The molecule has 0 fully saturated rings. The lowest BCUT2D eigenvalue weighted by molar-refractivity contribution is -0.274. The van der Waals surface area contributed by atoms with Crippen LogP contribution in [0.15, 0.2) is 60.8 Å². The molecule has 4 nitrogen and oxygen atoms in total. The summed E-state index contributed by atoms with van der Waals surface area (Å²) in [5, 5.41) is 0. The average molecular weight is 411 g/mol. The van der Waals surface area contributed by atoms with E-state index < -0.39 is 23.3 Å². The topological polar surface area (TPSA) is 59.4 Å². The van der Waals surface area contributed by atoms with Crippen molar-refractivity contribution in [2.24, 2.45) is 0 Å². The SMILES string of the molecule is O=S(O)Cc1ccc(-c2ncccc2-c2cccc(OC(F)(F)F)c2)cc1F. The summed E-state index contributed by atoms with van der Waals surface area (Å²) in [6, 6.07) is 12.7. The molecule has 0 bridgehead atoms. The van der Waals surface area contributed by atoms with Gasteiger partial charge >= 0.3 is 6.36 Å². The first kappa shape index (κ1) is 20.0. The summed E-state index contributed by atoms with van der Waals surface area (Å²) in [5.74, 6) is -1.41. The van der Waals surface area contributed by atoms with Gasteiger partial charge in [-0.15, -0.1) is 13.2 Å². The molecule has 28 heavy (non-hydrogen) atoms. The number of pyridine rings is 1. The van der Waals surface area contributed by atoms with Gasteiger partial charge in [-0.2, -0.15) is 0 Å². The van der Waals surface area contributed by atoms with Gasteiger partial charge in [0.05, 0.1) is 11.4 Å². The molecule has 1 unspecified atom stereocenters. The maximum atomic E-state index is 14.3. The summed E-state index contributed by atoms with van der Waals surface area (Å²) in [5.41, 5.74) is 1.69. The molecule has 0 aliphatic rings. The normalized spacial score (nSPS) is 12.6. The lowest BCUT2D eigenvalue weighted by Gasteiger charge is -2.13. The fraction of sp³-hybridized carbons (Fsp3) is 0.105. The van der Waals surface area contributed by atoms with Crippen LogP contribution in [0.25, 0.3) is 22.4 Å². The van der Waals surface area contributed by atoms with E-state index in [1.54, 1.807) is 18.2 Å². The average Bonchev–Trinajstić information content (AvgIpc) is 2.62. The van der Waals surface area contributed by atoms with Crippen molar-refractivity contribution in [2.75, 3.05) is 0 Å². The third-order valence-corrected chi connectivity index (χ3v) is 4.35. The summed E-state index contributed by atoms with van der Waals surface area (Å²) < 4.78 is 75.4. The number of nitrogens with zero attached hydrogens (tertiary/aromatic N) is 1. The Balaban J connectivity index is 2.02. The van der Waals surface area contributed by atoms with Crippen LogP contribution in [0.3, 0.4) is 0 Å². The van der Waals surface area contributed by atoms with Gasteiger partial charge < -0.3 is 9.29 Å². The first-order valence-corrected chi connectivity index (χ1v) is 9.18. The van der Waals surface area contributed by atoms with Crippen LogP contribution in [0.1, 0.15) is 5.56 Å². The predicted molar refractivity (Wildman–Crippen MR) is 96.2 cm³/mol. The van der Waals surface area contributed by atoms with Crippen molar-refractivity contribution in [3.05, 3.63) is 72.2 Å². The zero-order valence-corrected chi connectivity index (χ0v) is 14.9. The largest absolute Gasteiger partial charge is 0.573 e. The first-order chi connectivity index (χ1) is 13.2. The minimum absolute atomic E-state index is 0.0719. The van der Waals surface area contributed by atoms with E-state index in [1.807, 2.05) is 0 Å². The summed E-state index contributed by atoms with van der Waals surface area (Å²) >= 11 is -2.18. The smallest absolute Gasteiger partial charge is 0.406 e. The number of ether oxygens (including phenoxy) is 1. The number of benzene rings is 2. The van der Waals surface area contributed by atoms with Crippen LogP contribution in [0.4, 0.5) is 17.6 Å². The molecule has 0 amide bonds. The van der Waals surface area contributed by atoms with Gasteiger partial charge in [0.25, 0.3) is 0 Å². The molecule has 1 atom stereocenters. The fourth-order valence-corrected chi connectivity index (χ4v) is 3.17. The molecule has 0 aliphatic heterocycles. The molecule has 1 heterocycles. The van der Waals surface area contributed by atoms with Crippen LogP contribution in [0.2, 0.25) is 0 Å². The van der Waals surface area contributed by atoms with Crippen molar-refractivity contribution in [1.29, 1.82) is 0 Å². The number of rotatable bonds is 5. The standard InChI is InChI=1S/C19H13F4NO3S/c20-17-10-13(6-7-14(17)11-28(25)26)18-16(5-2-8-24-18)12-3-1-4-15(9-12)27-19(21,22)23/h1-10H,11H2,(H,25,26). The molecule has 1 N–H and O–H groups in total. The van der Waals surface area contributed by atoms with Crippen molar-refractivity contribution < 1.29 is 31.1 Å². The van der Waals surface area contributed by atoms with E-state index in [1.165, 1.54) is 42.6 Å². The highest BCUT2D eigenvalue weighted by molar-refractivity contribution is 7.78. The van der Waals surface area contributed by atoms with E-state index in [0.29, 0.717) is 22.4 Å². The third-order valence-electron chi connectivity index (χ3n) is 3.79. The Bertz CT molecular complexity index is 1020. The van der Waals surface area contributed by atoms with Gasteiger partial charge in [-0.05, 0) is 29.8 Å². The zero-order valence-electron chi connectivity index (χ0n) is 14.1. The summed E-state index contributed by atoms with van der Waals surface area (Å²) in [7, 11) is 0. The molecule has 0 radical (unpaired) electrons. The molecule has 9 heteroatoms. The Morgan fingerprint density at radius 2 is 1.82 bits per heavy atom.